The fraction of sp³-hybridized carbons (Fsp3) is 0. The molecule has 0 aliphatic carbocycles. The molecule has 2 aromatic rings. The van der Waals surface area contributed by atoms with Crippen LogP contribution in [0.25, 0.3) is 0 Å². The van der Waals surface area contributed by atoms with E-state index in [1.54, 1.807) is 30.3 Å². The van der Waals surface area contributed by atoms with Crippen molar-refractivity contribution in [3.8, 4) is 6.07 Å². The topological polar surface area (TPSA) is 23.8 Å². The molecule has 84 valence electrons. The summed E-state index contributed by atoms with van der Waals surface area (Å²) in [5, 5.41) is 9.42. The van der Waals surface area contributed by atoms with Gasteiger partial charge in [0.1, 0.15) is 11.9 Å². The summed E-state index contributed by atoms with van der Waals surface area (Å²) in [6.07, 6.45) is 0. The van der Waals surface area contributed by atoms with E-state index in [0.29, 0.717) is 10.6 Å². The lowest BCUT2D eigenvalue weighted by molar-refractivity contribution is 0.624. The molecule has 0 amide bonds. The minimum Gasteiger partial charge on any atom is -0.207 e. The van der Waals surface area contributed by atoms with Gasteiger partial charge < -0.3 is 0 Å². The Morgan fingerprint density at radius 2 is 1.94 bits per heavy atom. The van der Waals surface area contributed by atoms with Gasteiger partial charge in [-0.2, -0.15) is 5.26 Å². The van der Waals surface area contributed by atoms with Gasteiger partial charge in [0, 0.05) is 9.79 Å². The van der Waals surface area contributed by atoms with E-state index in [1.165, 1.54) is 23.9 Å². The van der Waals surface area contributed by atoms with Crippen LogP contribution in [0.15, 0.2) is 52.3 Å². The summed E-state index contributed by atoms with van der Waals surface area (Å²) >= 11 is 7.24. The Morgan fingerprint density at radius 3 is 2.65 bits per heavy atom. The molecule has 0 heterocycles. The molecule has 4 heteroatoms. The molecule has 1 nitrogen and oxygen atoms in total. The molecule has 2 aromatic carbocycles. The second-order valence-corrected chi connectivity index (χ2v) is 4.81. The van der Waals surface area contributed by atoms with E-state index in [2.05, 4.69) is 6.07 Å². The Hall–Kier alpha value is -1.50. The van der Waals surface area contributed by atoms with Gasteiger partial charge in [-0.05, 0) is 30.3 Å². The van der Waals surface area contributed by atoms with E-state index in [1.807, 2.05) is 0 Å². The SMILES string of the molecule is N#Cc1c(Cl)cccc1Sc1cccc(F)c1. The van der Waals surface area contributed by atoms with Crippen LogP contribution in [0.3, 0.4) is 0 Å². The monoisotopic (exact) mass is 263 g/mol. The number of hydrogen-bond donors (Lipinski definition) is 0. The lowest BCUT2D eigenvalue weighted by Crippen LogP contribution is -1.83. The zero-order valence-corrected chi connectivity index (χ0v) is 10.2. The van der Waals surface area contributed by atoms with Crippen LogP contribution >= 0.6 is 23.4 Å². The first-order valence-electron chi connectivity index (χ1n) is 4.83. The molecule has 0 aliphatic rings. The van der Waals surface area contributed by atoms with Gasteiger partial charge in [0.15, 0.2) is 0 Å². The van der Waals surface area contributed by atoms with Gasteiger partial charge in [0.25, 0.3) is 0 Å². The average Bonchev–Trinajstić information content (AvgIpc) is 2.29. The van der Waals surface area contributed by atoms with Crippen LogP contribution in [0.4, 0.5) is 4.39 Å². The van der Waals surface area contributed by atoms with Crippen LogP contribution in [0, 0.1) is 17.1 Å². The normalized spacial score (nSPS) is 9.94. The van der Waals surface area contributed by atoms with E-state index in [9.17, 15) is 4.39 Å². The van der Waals surface area contributed by atoms with Crippen molar-refractivity contribution < 1.29 is 4.39 Å². The van der Waals surface area contributed by atoms with Gasteiger partial charge in [-0.1, -0.05) is 35.5 Å². The summed E-state index contributed by atoms with van der Waals surface area (Å²) in [6.45, 7) is 0. The first-order chi connectivity index (χ1) is 8.20. The Morgan fingerprint density at radius 1 is 1.18 bits per heavy atom. The molecule has 0 bridgehead atoms. The Kier molecular flexibility index (Phi) is 3.68. The van der Waals surface area contributed by atoms with Crippen molar-refractivity contribution in [3.05, 3.63) is 58.9 Å². The van der Waals surface area contributed by atoms with Crippen molar-refractivity contribution >= 4 is 23.4 Å². The molecule has 0 aromatic heterocycles. The van der Waals surface area contributed by atoms with Gasteiger partial charge in [-0.15, -0.1) is 0 Å². The molecular weight excluding hydrogens is 257 g/mol. The fourth-order valence-corrected chi connectivity index (χ4v) is 2.60. The summed E-state index contributed by atoms with van der Waals surface area (Å²) in [7, 11) is 0. The third-order valence-electron chi connectivity index (χ3n) is 2.11. The smallest absolute Gasteiger partial charge is 0.124 e. The lowest BCUT2D eigenvalue weighted by Gasteiger charge is -2.05. The second kappa shape index (κ2) is 5.22. The molecule has 0 unspecified atom stereocenters. The minimum absolute atomic E-state index is 0.296. The van der Waals surface area contributed by atoms with Crippen LogP contribution in [-0.4, -0.2) is 0 Å². The molecular formula is C13H7ClFNS. The number of hydrogen-bond acceptors (Lipinski definition) is 2. The fourth-order valence-electron chi connectivity index (χ4n) is 1.36. The molecule has 2 rings (SSSR count). The molecule has 17 heavy (non-hydrogen) atoms. The van der Waals surface area contributed by atoms with Gasteiger partial charge in [-0.3, -0.25) is 0 Å². The highest BCUT2D eigenvalue weighted by Crippen LogP contribution is 2.33. The van der Waals surface area contributed by atoms with E-state index in [4.69, 9.17) is 16.9 Å². The quantitative estimate of drug-likeness (QED) is 0.796. The minimum atomic E-state index is -0.296. The number of halogens is 2. The molecule has 0 saturated heterocycles. The summed E-state index contributed by atoms with van der Waals surface area (Å²) in [5.74, 6) is -0.296. The Balaban J connectivity index is 2.37. The largest absolute Gasteiger partial charge is 0.207 e. The highest BCUT2D eigenvalue weighted by Gasteiger charge is 2.08. The third-order valence-corrected chi connectivity index (χ3v) is 3.48. The first kappa shape index (κ1) is 12.0. The lowest BCUT2D eigenvalue weighted by atomic mass is 10.2. The van der Waals surface area contributed by atoms with Crippen molar-refractivity contribution in [2.24, 2.45) is 0 Å². The molecule has 0 aliphatic heterocycles. The van der Waals surface area contributed by atoms with Crippen LogP contribution < -0.4 is 0 Å². The Labute approximate surface area is 108 Å². The second-order valence-electron chi connectivity index (χ2n) is 3.28. The average molecular weight is 264 g/mol. The predicted octanol–water partition coefficient (Wildman–Crippen LogP) is 4.50. The number of nitrogens with zero attached hydrogens (tertiary/aromatic N) is 1. The Bertz CT molecular complexity index is 592. The maximum absolute atomic E-state index is 13.0. The zero-order valence-electron chi connectivity index (χ0n) is 8.65. The zero-order chi connectivity index (χ0) is 12.3. The van der Waals surface area contributed by atoms with Crippen molar-refractivity contribution in [1.82, 2.24) is 0 Å². The van der Waals surface area contributed by atoms with Gasteiger partial charge >= 0.3 is 0 Å². The van der Waals surface area contributed by atoms with Crippen molar-refractivity contribution in [2.75, 3.05) is 0 Å². The summed E-state index contributed by atoms with van der Waals surface area (Å²) in [6, 6.07) is 13.5. The third kappa shape index (κ3) is 2.79. The molecule has 0 spiro atoms. The van der Waals surface area contributed by atoms with Gasteiger partial charge in [-0.25, -0.2) is 4.39 Å². The van der Waals surface area contributed by atoms with Crippen molar-refractivity contribution in [1.29, 1.82) is 5.26 Å². The van der Waals surface area contributed by atoms with Crippen LogP contribution in [-0.2, 0) is 0 Å². The number of benzene rings is 2. The summed E-state index contributed by atoms with van der Waals surface area (Å²) < 4.78 is 13.0. The van der Waals surface area contributed by atoms with Crippen LogP contribution in [0.5, 0.6) is 0 Å². The molecule has 0 fully saturated rings. The highest BCUT2D eigenvalue weighted by molar-refractivity contribution is 7.99. The molecule has 0 N–H and O–H groups in total. The molecule has 0 radical (unpaired) electrons. The van der Waals surface area contributed by atoms with Crippen LogP contribution in [0.2, 0.25) is 5.02 Å². The van der Waals surface area contributed by atoms with E-state index >= 15 is 0 Å². The predicted molar refractivity (Wildman–Crippen MR) is 66.7 cm³/mol. The van der Waals surface area contributed by atoms with Crippen LogP contribution in [0.1, 0.15) is 5.56 Å². The van der Waals surface area contributed by atoms with Crippen molar-refractivity contribution in [3.63, 3.8) is 0 Å². The van der Waals surface area contributed by atoms with Crippen molar-refractivity contribution in [2.45, 2.75) is 9.79 Å². The standard InChI is InChI=1S/C13H7ClFNS/c14-12-5-2-6-13(11(12)8-16)17-10-4-1-3-9(15)7-10/h1-7H. The first-order valence-corrected chi connectivity index (χ1v) is 6.02. The molecule has 0 atom stereocenters. The summed E-state index contributed by atoms with van der Waals surface area (Å²) in [5.41, 5.74) is 0.420. The highest BCUT2D eigenvalue weighted by atomic mass is 35.5. The maximum atomic E-state index is 13.0. The number of nitriles is 1. The van der Waals surface area contributed by atoms with E-state index in [0.717, 1.165) is 9.79 Å². The van der Waals surface area contributed by atoms with E-state index < -0.39 is 0 Å². The van der Waals surface area contributed by atoms with E-state index in [-0.39, 0.29) is 5.82 Å². The maximum Gasteiger partial charge on any atom is 0.124 e. The van der Waals surface area contributed by atoms with Gasteiger partial charge in [0.2, 0.25) is 0 Å². The number of rotatable bonds is 2. The summed E-state index contributed by atoms with van der Waals surface area (Å²) in [4.78, 5) is 1.47. The van der Waals surface area contributed by atoms with Gasteiger partial charge in [0.05, 0.1) is 10.6 Å². The molecule has 0 saturated carbocycles.